The van der Waals surface area contributed by atoms with Crippen LogP contribution in [0.4, 0.5) is 0 Å². The monoisotopic (exact) mass is 325 g/mol. The lowest BCUT2D eigenvalue weighted by Crippen LogP contribution is -2.38. The molecule has 2 aromatic rings. The van der Waals surface area contributed by atoms with E-state index in [0.29, 0.717) is 29.1 Å². The van der Waals surface area contributed by atoms with E-state index in [2.05, 4.69) is 9.97 Å². The summed E-state index contributed by atoms with van der Waals surface area (Å²) in [6, 6.07) is 1.70. The number of nitrogens with one attached hydrogen (secondary N) is 1. The van der Waals surface area contributed by atoms with Gasteiger partial charge in [-0.3, -0.25) is 4.79 Å². The number of sulfonamides is 1. The number of fused-ring (bicyclic) bond motifs is 1. The second kappa shape index (κ2) is 5.04. The Morgan fingerprint density at radius 1 is 1.38 bits per heavy atom. The van der Waals surface area contributed by atoms with Crippen LogP contribution in [0.25, 0.3) is 0 Å². The highest BCUT2D eigenvalue weighted by atomic mass is 32.2. The van der Waals surface area contributed by atoms with Gasteiger partial charge in [0.25, 0.3) is 5.56 Å². The largest absolute Gasteiger partial charge is 0.313 e. The third kappa shape index (κ3) is 2.43. The van der Waals surface area contributed by atoms with Gasteiger partial charge in [-0.25, -0.2) is 13.4 Å². The van der Waals surface area contributed by atoms with E-state index in [9.17, 15) is 13.2 Å². The fraction of sp³-hybridized carbons (Fsp3) is 0.385. The topological polar surface area (TPSA) is 83.1 Å². The summed E-state index contributed by atoms with van der Waals surface area (Å²) < 4.78 is 26.9. The van der Waals surface area contributed by atoms with Crippen LogP contribution < -0.4 is 5.56 Å². The van der Waals surface area contributed by atoms with Crippen molar-refractivity contribution in [1.82, 2.24) is 14.3 Å². The lowest BCUT2D eigenvalue weighted by Gasteiger charge is -2.26. The lowest BCUT2D eigenvalue weighted by molar-refractivity contribution is 0.383. The maximum absolute atomic E-state index is 12.7. The van der Waals surface area contributed by atoms with E-state index >= 15 is 0 Å². The van der Waals surface area contributed by atoms with Crippen LogP contribution in [0.3, 0.4) is 0 Å². The summed E-state index contributed by atoms with van der Waals surface area (Å²) >= 11 is 1.47. The predicted molar refractivity (Wildman–Crippen MR) is 80.0 cm³/mol. The minimum Gasteiger partial charge on any atom is -0.313 e. The zero-order valence-electron chi connectivity index (χ0n) is 11.7. The highest BCUT2D eigenvalue weighted by Gasteiger charge is 2.31. The Morgan fingerprint density at radius 2 is 2.14 bits per heavy atom. The number of nitrogens with zero attached hydrogens (tertiary/aromatic N) is 2. The molecule has 0 amide bonds. The van der Waals surface area contributed by atoms with Crippen LogP contribution in [-0.2, 0) is 23.0 Å². The molecule has 0 atom stereocenters. The van der Waals surface area contributed by atoms with Crippen LogP contribution >= 0.6 is 11.3 Å². The first-order valence-electron chi connectivity index (χ1n) is 6.52. The van der Waals surface area contributed by atoms with Gasteiger partial charge in [-0.15, -0.1) is 11.3 Å². The van der Waals surface area contributed by atoms with E-state index < -0.39 is 10.0 Å². The van der Waals surface area contributed by atoms with Crippen molar-refractivity contribution in [3.8, 4) is 0 Å². The molecular formula is C13H15N3O3S2. The molecule has 0 spiro atoms. The Hall–Kier alpha value is -1.51. The molecule has 2 aromatic heterocycles. The molecule has 1 aliphatic rings. The molecule has 6 nitrogen and oxygen atoms in total. The van der Waals surface area contributed by atoms with Gasteiger partial charge in [0.15, 0.2) is 0 Å². The second-order valence-electron chi connectivity index (χ2n) is 5.02. The number of aromatic amines is 1. The quantitative estimate of drug-likeness (QED) is 0.899. The van der Waals surface area contributed by atoms with Gasteiger partial charge in [0, 0.05) is 21.9 Å². The minimum atomic E-state index is -3.54. The molecule has 0 bridgehead atoms. The van der Waals surface area contributed by atoms with Crippen molar-refractivity contribution < 1.29 is 8.42 Å². The van der Waals surface area contributed by atoms with Crippen LogP contribution in [-0.4, -0.2) is 29.2 Å². The van der Waals surface area contributed by atoms with E-state index in [4.69, 9.17) is 0 Å². The number of hydrogen-bond donors (Lipinski definition) is 1. The summed E-state index contributed by atoms with van der Waals surface area (Å²) in [6.07, 6.45) is 1.71. The second-order valence-corrected chi connectivity index (χ2v) is 8.39. The van der Waals surface area contributed by atoms with Gasteiger partial charge < -0.3 is 4.98 Å². The van der Waals surface area contributed by atoms with Crippen LogP contribution in [0.15, 0.2) is 22.1 Å². The number of hydrogen-bond acceptors (Lipinski definition) is 5. The standard InChI is InChI=1S/C13H15N3O3S2/c1-8-5-12(9(2)20-8)21(18,19)16-4-3-10-11(6-16)14-7-15-13(10)17/h5,7H,3-4,6H2,1-2H3,(H,14,15,17). The highest BCUT2D eigenvalue weighted by Crippen LogP contribution is 2.29. The first-order valence-corrected chi connectivity index (χ1v) is 8.78. The van der Waals surface area contributed by atoms with E-state index in [-0.39, 0.29) is 12.1 Å². The molecule has 3 heterocycles. The number of rotatable bonds is 2. The Morgan fingerprint density at radius 3 is 2.81 bits per heavy atom. The van der Waals surface area contributed by atoms with Crippen molar-refractivity contribution in [2.45, 2.75) is 31.7 Å². The molecule has 0 fully saturated rings. The predicted octanol–water partition coefficient (Wildman–Crippen LogP) is 1.20. The fourth-order valence-corrected chi connectivity index (χ4v) is 5.48. The van der Waals surface area contributed by atoms with Gasteiger partial charge in [-0.2, -0.15) is 4.31 Å². The summed E-state index contributed by atoms with van der Waals surface area (Å²) in [7, 11) is -3.54. The molecule has 21 heavy (non-hydrogen) atoms. The molecule has 0 aromatic carbocycles. The van der Waals surface area contributed by atoms with Gasteiger partial charge in [0.05, 0.1) is 23.5 Å². The Bertz CT molecular complexity index is 852. The maximum atomic E-state index is 12.7. The molecule has 0 unspecified atom stereocenters. The van der Waals surface area contributed by atoms with Gasteiger partial charge in [0.1, 0.15) is 0 Å². The van der Waals surface area contributed by atoms with E-state index in [0.717, 1.165) is 9.75 Å². The maximum Gasteiger partial charge on any atom is 0.254 e. The van der Waals surface area contributed by atoms with Crippen LogP contribution in [0.5, 0.6) is 0 Å². The molecule has 0 aliphatic carbocycles. The summed E-state index contributed by atoms with van der Waals surface area (Å²) in [5, 5.41) is 0. The molecule has 112 valence electrons. The average Bonchev–Trinajstić information content (AvgIpc) is 2.78. The summed E-state index contributed by atoms with van der Waals surface area (Å²) in [4.78, 5) is 20.4. The first-order chi connectivity index (χ1) is 9.89. The number of aryl methyl sites for hydroxylation is 2. The zero-order chi connectivity index (χ0) is 15.2. The normalized spacial score (nSPS) is 15.9. The Balaban J connectivity index is 1.99. The summed E-state index contributed by atoms with van der Waals surface area (Å²) in [5.74, 6) is 0. The smallest absolute Gasteiger partial charge is 0.254 e. The molecule has 0 saturated carbocycles. The van der Waals surface area contributed by atoms with E-state index in [1.165, 1.54) is 22.0 Å². The number of H-pyrrole nitrogens is 1. The van der Waals surface area contributed by atoms with E-state index in [1.807, 2.05) is 13.8 Å². The zero-order valence-corrected chi connectivity index (χ0v) is 13.3. The van der Waals surface area contributed by atoms with Gasteiger partial charge in [-0.1, -0.05) is 0 Å². The SMILES string of the molecule is Cc1cc(S(=O)(=O)N2CCc3c(nc[nH]c3=O)C2)c(C)s1. The summed E-state index contributed by atoms with van der Waals surface area (Å²) in [5.41, 5.74) is 0.944. The third-order valence-electron chi connectivity index (χ3n) is 3.59. The minimum absolute atomic E-state index is 0.149. The molecule has 0 radical (unpaired) electrons. The lowest BCUT2D eigenvalue weighted by atomic mass is 10.1. The van der Waals surface area contributed by atoms with Crippen LogP contribution in [0.2, 0.25) is 0 Å². The molecule has 1 N–H and O–H groups in total. The van der Waals surface area contributed by atoms with Gasteiger partial charge in [-0.05, 0) is 26.3 Å². The Kier molecular flexibility index (Phi) is 3.46. The van der Waals surface area contributed by atoms with Gasteiger partial charge >= 0.3 is 0 Å². The third-order valence-corrected chi connectivity index (χ3v) is 6.66. The molecule has 3 rings (SSSR count). The van der Waals surface area contributed by atoms with Crippen molar-refractivity contribution in [2.24, 2.45) is 0 Å². The highest BCUT2D eigenvalue weighted by molar-refractivity contribution is 7.89. The van der Waals surface area contributed by atoms with Crippen molar-refractivity contribution in [3.05, 3.63) is 43.8 Å². The molecular weight excluding hydrogens is 310 g/mol. The van der Waals surface area contributed by atoms with Crippen molar-refractivity contribution in [2.75, 3.05) is 6.54 Å². The number of thiophene rings is 1. The molecule has 0 saturated heterocycles. The fourth-order valence-electron chi connectivity index (χ4n) is 2.55. The van der Waals surface area contributed by atoms with Crippen molar-refractivity contribution in [3.63, 3.8) is 0 Å². The van der Waals surface area contributed by atoms with Gasteiger partial charge in [0.2, 0.25) is 10.0 Å². The van der Waals surface area contributed by atoms with E-state index in [1.54, 1.807) is 6.07 Å². The molecule has 8 heteroatoms. The molecule has 1 aliphatic heterocycles. The first kappa shape index (κ1) is 14.4. The van der Waals surface area contributed by atoms with Crippen LogP contribution in [0, 0.1) is 13.8 Å². The number of aromatic nitrogens is 2. The van der Waals surface area contributed by atoms with Crippen molar-refractivity contribution >= 4 is 21.4 Å². The van der Waals surface area contributed by atoms with Crippen LogP contribution in [0.1, 0.15) is 21.0 Å². The summed E-state index contributed by atoms with van der Waals surface area (Å²) in [6.45, 7) is 4.16. The average molecular weight is 325 g/mol. The Labute approximate surface area is 126 Å². The van der Waals surface area contributed by atoms with Crippen molar-refractivity contribution in [1.29, 1.82) is 0 Å².